The van der Waals surface area contributed by atoms with Crippen LogP contribution in [0, 0.1) is 0 Å². The quantitative estimate of drug-likeness (QED) is 0.907. The van der Waals surface area contributed by atoms with Crippen LogP contribution in [0.2, 0.25) is 5.02 Å². The van der Waals surface area contributed by atoms with Crippen molar-refractivity contribution in [1.82, 2.24) is 4.90 Å². The largest absolute Gasteiger partial charge is 0.387 e. The predicted octanol–water partition coefficient (Wildman–Crippen LogP) is 2.63. The second-order valence-electron chi connectivity index (χ2n) is 4.89. The Labute approximate surface area is 118 Å². The predicted molar refractivity (Wildman–Crippen MR) is 76.9 cm³/mol. The Bertz CT molecular complexity index is 479. The Balaban J connectivity index is 2.30. The third-order valence-electron chi connectivity index (χ3n) is 3.35. The fourth-order valence-electron chi connectivity index (χ4n) is 2.25. The van der Waals surface area contributed by atoms with E-state index in [0.29, 0.717) is 23.7 Å². The number of halogens is 1. The number of hydrogen-bond donors (Lipinski definition) is 1. The molecule has 1 amide bonds. The summed E-state index contributed by atoms with van der Waals surface area (Å²) in [5, 5.41) is 3.60. The van der Waals surface area contributed by atoms with Crippen LogP contribution in [0.15, 0.2) is 18.2 Å². The zero-order valence-electron chi connectivity index (χ0n) is 11.4. The minimum Gasteiger partial charge on any atom is -0.387 e. The minimum absolute atomic E-state index is 0.00509. The Morgan fingerprint density at radius 1 is 1.47 bits per heavy atom. The smallest absolute Gasteiger partial charge is 0.256 e. The molecule has 0 bridgehead atoms. The summed E-state index contributed by atoms with van der Waals surface area (Å²) in [6, 6.07) is 5.38. The second-order valence-corrected chi connectivity index (χ2v) is 5.33. The van der Waals surface area contributed by atoms with E-state index in [2.05, 4.69) is 5.32 Å². The maximum absolute atomic E-state index is 12.7. The van der Waals surface area contributed by atoms with Gasteiger partial charge in [0.1, 0.15) is 0 Å². The van der Waals surface area contributed by atoms with Crippen molar-refractivity contribution in [3.8, 4) is 0 Å². The van der Waals surface area contributed by atoms with Gasteiger partial charge in [-0.05, 0) is 32.0 Å². The molecule has 0 radical (unpaired) electrons. The van der Waals surface area contributed by atoms with E-state index in [1.165, 1.54) is 0 Å². The molecule has 2 atom stereocenters. The number of carbonyl (C=O) groups excluding carboxylic acids is 1. The van der Waals surface area contributed by atoms with Crippen LogP contribution < -0.4 is 5.32 Å². The van der Waals surface area contributed by atoms with Crippen LogP contribution in [-0.2, 0) is 4.74 Å². The zero-order chi connectivity index (χ0) is 14.0. The minimum atomic E-state index is -0.00509. The molecular weight excluding hydrogens is 264 g/mol. The Morgan fingerprint density at radius 3 is 2.89 bits per heavy atom. The maximum Gasteiger partial charge on any atom is 0.256 e. The summed E-state index contributed by atoms with van der Waals surface area (Å²) in [6.45, 7) is 5.15. The van der Waals surface area contributed by atoms with E-state index >= 15 is 0 Å². The van der Waals surface area contributed by atoms with Gasteiger partial charge < -0.3 is 15.0 Å². The zero-order valence-corrected chi connectivity index (χ0v) is 12.2. The van der Waals surface area contributed by atoms with Gasteiger partial charge in [-0.1, -0.05) is 11.6 Å². The van der Waals surface area contributed by atoms with Crippen LogP contribution in [0.4, 0.5) is 5.69 Å². The third kappa shape index (κ3) is 3.01. The molecule has 0 aromatic heterocycles. The number of morpholine rings is 1. The van der Waals surface area contributed by atoms with Gasteiger partial charge in [0.25, 0.3) is 5.91 Å². The van der Waals surface area contributed by atoms with Crippen molar-refractivity contribution < 1.29 is 9.53 Å². The first-order valence-electron chi connectivity index (χ1n) is 6.42. The first kappa shape index (κ1) is 14.2. The van der Waals surface area contributed by atoms with Crippen molar-refractivity contribution in [2.24, 2.45) is 0 Å². The molecule has 1 heterocycles. The summed E-state index contributed by atoms with van der Waals surface area (Å²) in [5.41, 5.74) is 1.40. The highest BCUT2D eigenvalue weighted by atomic mass is 35.5. The number of anilines is 1. The van der Waals surface area contributed by atoms with Crippen molar-refractivity contribution in [1.29, 1.82) is 0 Å². The molecule has 4 nitrogen and oxygen atoms in total. The molecule has 1 saturated heterocycles. The molecule has 0 spiro atoms. The van der Waals surface area contributed by atoms with Crippen molar-refractivity contribution in [2.75, 3.05) is 25.5 Å². The molecule has 19 heavy (non-hydrogen) atoms. The number of carbonyl (C=O) groups is 1. The van der Waals surface area contributed by atoms with Crippen LogP contribution in [-0.4, -0.2) is 43.2 Å². The average molecular weight is 283 g/mol. The molecule has 104 valence electrons. The Morgan fingerprint density at radius 2 is 2.21 bits per heavy atom. The first-order chi connectivity index (χ1) is 9.02. The molecule has 1 aliphatic rings. The lowest BCUT2D eigenvalue weighted by Gasteiger charge is -2.37. The Kier molecular flexibility index (Phi) is 4.32. The summed E-state index contributed by atoms with van der Waals surface area (Å²) in [4.78, 5) is 14.5. The van der Waals surface area contributed by atoms with E-state index < -0.39 is 0 Å². The van der Waals surface area contributed by atoms with E-state index in [9.17, 15) is 4.79 Å². The number of benzene rings is 1. The van der Waals surface area contributed by atoms with E-state index in [1.807, 2.05) is 24.8 Å². The molecule has 0 saturated carbocycles. The van der Waals surface area contributed by atoms with Crippen molar-refractivity contribution in [2.45, 2.75) is 26.0 Å². The highest BCUT2D eigenvalue weighted by Gasteiger charge is 2.29. The molecule has 1 fully saturated rings. The van der Waals surface area contributed by atoms with E-state index in [-0.39, 0.29) is 18.1 Å². The summed E-state index contributed by atoms with van der Waals surface area (Å²) in [6.07, 6.45) is 0.0670. The van der Waals surface area contributed by atoms with Gasteiger partial charge in [-0.3, -0.25) is 4.79 Å². The maximum atomic E-state index is 12.7. The lowest BCUT2D eigenvalue weighted by molar-refractivity contribution is -0.0386. The highest BCUT2D eigenvalue weighted by Crippen LogP contribution is 2.24. The molecule has 1 aliphatic heterocycles. The van der Waals surface area contributed by atoms with E-state index in [4.69, 9.17) is 16.3 Å². The SMILES string of the molecule is CNc1ccc(Cl)cc1C(=O)N1CC(C)OCC1C. The molecule has 1 N–H and O–H groups in total. The summed E-state index contributed by atoms with van der Waals surface area (Å²) in [7, 11) is 1.80. The number of nitrogens with zero attached hydrogens (tertiary/aromatic N) is 1. The monoisotopic (exact) mass is 282 g/mol. The normalized spacial score (nSPS) is 23.3. The van der Waals surface area contributed by atoms with Crippen LogP contribution in [0.25, 0.3) is 0 Å². The third-order valence-corrected chi connectivity index (χ3v) is 3.59. The highest BCUT2D eigenvalue weighted by molar-refractivity contribution is 6.31. The van der Waals surface area contributed by atoms with Crippen molar-refractivity contribution in [3.05, 3.63) is 28.8 Å². The van der Waals surface area contributed by atoms with Crippen LogP contribution in [0.5, 0.6) is 0 Å². The number of ether oxygens (including phenoxy) is 1. The molecule has 0 aliphatic carbocycles. The van der Waals surface area contributed by atoms with Crippen LogP contribution in [0.3, 0.4) is 0 Å². The van der Waals surface area contributed by atoms with Gasteiger partial charge in [0.15, 0.2) is 0 Å². The molecule has 1 aromatic carbocycles. The fraction of sp³-hybridized carbons (Fsp3) is 0.500. The van der Waals surface area contributed by atoms with Gasteiger partial charge >= 0.3 is 0 Å². The van der Waals surface area contributed by atoms with Gasteiger partial charge in [-0.2, -0.15) is 0 Å². The van der Waals surface area contributed by atoms with Gasteiger partial charge in [0, 0.05) is 24.3 Å². The molecule has 1 aromatic rings. The molecule has 5 heteroatoms. The summed E-state index contributed by atoms with van der Waals surface area (Å²) < 4.78 is 5.55. The van der Waals surface area contributed by atoms with Crippen LogP contribution >= 0.6 is 11.6 Å². The van der Waals surface area contributed by atoms with Gasteiger partial charge in [-0.15, -0.1) is 0 Å². The number of rotatable bonds is 2. The second kappa shape index (κ2) is 5.80. The van der Waals surface area contributed by atoms with Gasteiger partial charge in [0.2, 0.25) is 0 Å². The lowest BCUT2D eigenvalue weighted by atomic mass is 10.1. The fourth-order valence-corrected chi connectivity index (χ4v) is 2.42. The van der Waals surface area contributed by atoms with Gasteiger partial charge in [-0.25, -0.2) is 0 Å². The Hall–Kier alpha value is -1.26. The van der Waals surface area contributed by atoms with Crippen molar-refractivity contribution >= 4 is 23.2 Å². The van der Waals surface area contributed by atoms with E-state index in [1.54, 1.807) is 19.2 Å². The molecular formula is C14H19ClN2O2. The number of nitrogens with one attached hydrogen (secondary N) is 1. The number of amides is 1. The van der Waals surface area contributed by atoms with Gasteiger partial charge in [0.05, 0.1) is 24.3 Å². The lowest BCUT2D eigenvalue weighted by Crippen LogP contribution is -2.50. The topological polar surface area (TPSA) is 41.6 Å². The van der Waals surface area contributed by atoms with Crippen molar-refractivity contribution in [3.63, 3.8) is 0 Å². The van der Waals surface area contributed by atoms with E-state index in [0.717, 1.165) is 5.69 Å². The van der Waals surface area contributed by atoms with Crippen LogP contribution in [0.1, 0.15) is 24.2 Å². The summed E-state index contributed by atoms with van der Waals surface area (Å²) in [5.74, 6) is -0.00509. The average Bonchev–Trinajstić information content (AvgIpc) is 2.40. The number of hydrogen-bond acceptors (Lipinski definition) is 3. The molecule has 2 rings (SSSR count). The summed E-state index contributed by atoms with van der Waals surface area (Å²) >= 11 is 6.00. The molecule has 2 unspecified atom stereocenters. The first-order valence-corrected chi connectivity index (χ1v) is 6.80. The standard InChI is InChI=1S/C14H19ClN2O2/c1-9-8-19-10(2)7-17(9)14(18)12-6-11(15)4-5-13(12)16-3/h4-6,9-10,16H,7-8H2,1-3H3.